The smallest absolute Gasteiger partial charge is 0.289 e. The van der Waals surface area contributed by atoms with Crippen molar-refractivity contribution in [2.45, 2.75) is 19.8 Å². The summed E-state index contributed by atoms with van der Waals surface area (Å²) in [5, 5.41) is 0.720. The SMILES string of the molecule is CCc1nc(-c2ccccc2)nc(N2CCN(C(=O)c3ccco3)CC2)c1Cc1ccc(Cl)cc1. The first kappa shape index (κ1) is 23.1. The Labute approximate surface area is 210 Å². The minimum absolute atomic E-state index is 0.0713. The molecule has 3 heterocycles. The minimum Gasteiger partial charge on any atom is -0.459 e. The van der Waals surface area contributed by atoms with Gasteiger partial charge in [0.05, 0.1) is 6.26 Å². The zero-order valence-electron chi connectivity index (χ0n) is 19.7. The molecule has 5 rings (SSSR count). The zero-order valence-corrected chi connectivity index (χ0v) is 20.4. The Bertz CT molecular complexity index is 1280. The van der Waals surface area contributed by atoms with Crippen LogP contribution in [0.4, 0.5) is 5.82 Å². The summed E-state index contributed by atoms with van der Waals surface area (Å²) < 4.78 is 5.31. The molecular formula is C28H27ClN4O2. The number of hydrogen-bond acceptors (Lipinski definition) is 5. The molecular weight excluding hydrogens is 460 g/mol. The van der Waals surface area contributed by atoms with Crippen LogP contribution in [-0.4, -0.2) is 47.0 Å². The van der Waals surface area contributed by atoms with Crippen molar-refractivity contribution in [2.24, 2.45) is 0 Å². The molecule has 1 saturated heterocycles. The van der Waals surface area contributed by atoms with Crippen LogP contribution in [-0.2, 0) is 12.8 Å². The lowest BCUT2D eigenvalue weighted by molar-refractivity contribution is 0.0714. The number of piperazine rings is 1. The maximum Gasteiger partial charge on any atom is 0.289 e. The summed E-state index contributed by atoms with van der Waals surface area (Å²) in [6.07, 6.45) is 3.05. The number of carbonyl (C=O) groups excluding carboxylic acids is 1. The number of hydrogen-bond donors (Lipinski definition) is 0. The van der Waals surface area contributed by atoms with E-state index in [0.29, 0.717) is 31.9 Å². The van der Waals surface area contributed by atoms with E-state index in [0.717, 1.165) is 51.9 Å². The summed E-state index contributed by atoms with van der Waals surface area (Å²) in [7, 11) is 0. The predicted octanol–water partition coefficient (Wildman–Crippen LogP) is 5.51. The second-order valence-electron chi connectivity index (χ2n) is 8.58. The number of anilines is 1. The largest absolute Gasteiger partial charge is 0.459 e. The van der Waals surface area contributed by atoms with E-state index in [1.807, 2.05) is 47.4 Å². The number of rotatable bonds is 6. The molecule has 1 aliphatic heterocycles. The maximum atomic E-state index is 12.8. The van der Waals surface area contributed by atoms with Gasteiger partial charge in [-0.05, 0) is 36.2 Å². The molecule has 0 bridgehead atoms. The number of amides is 1. The molecule has 0 radical (unpaired) electrons. The summed E-state index contributed by atoms with van der Waals surface area (Å²) in [4.78, 5) is 26.9. The van der Waals surface area contributed by atoms with Gasteiger partial charge < -0.3 is 14.2 Å². The van der Waals surface area contributed by atoms with E-state index < -0.39 is 0 Å². The Hall–Kier alpha value is -3.64. The van der Waals surface area contributed by atoms with E-state index in [-0.39, 0.29) is 5.91 Å². The average Bonchev–Trinajstić information content (AvgIpc) is 3.45. The van der Waals surface area contributed by atoms with E-state index in [1.54, 1.807) is 12.1 Å². The first-order valence-corrected chi connectivity index (χ1v) is 12.3. The lowest BCUT2D eigenvalue weighted by Gasteiger charge is -2.36. The predicted molar refractivity (Wildman–Crippen MR) is 138 cm³/mol. The number of halogens is 1. The molecule has 0 saturated carbocycles. The van der Waals surface area contributed by atoms with Crippen molar-refractivity contribution in [3.63, 3.8) is 0 Å². The molecule has 6 nitrogen and oxygen atoms in total. The minimum atomic E-state index is -0.0713. The number of furan rings is 1. The molecule has 0 aliphatic carbocycles. The third-order valence-electron chi connectivity index (χ3n) is 6.33. The Kier molecular flexibility index (Phi) is 6.82. The molecule has 1 aliphatic rings. The van der Waals surface area contributed by atoms with Crippen LogP contribution < -0.4 is 4.90 Å². The number of benzene rings is 2. The second kappa shape index (κ2) is 10.3. The van der Waals surface area contributed by atoms with Crippen LogP contribution >= 0.6 is 11.6 Å². The van der Waals surface area contributed by atoms with Crippen molar-refractivity contribution in [3.8, 4) is 11.4 Å². The lowest BCUT2D eigenvalue weighted by Crippen LogP contribution is -2.49. The molecule has 7 heteroatoms. The van der Waals surface area contributed by atoms with Gasteiger partial charge in [-0.25, -0.2) is 9.97 Å². The van der Waals surface area contributed by atoms with Crippen LogP contribution in [0.15, 0.2) is 77.4 Å². The topological polar surface area (TPSA) is 62.5 Å². The van der Waals surface area contributed by atoms with Gasteiger partial charge in [-0.1, -0.05) is 61.0 Å². The standard InChI is InChI=1S/C28H27ClN4O2/c1-2-24-23(19-20-10-12-22(29)13-11-20)27(31-26(30-24)21-7-4-3-5-8-21)32-14-16-33(17-15-32)28(34)25-9-6-18-35-25/h3-13,18H,2,14-17,19H2,1H3. The van der Waals surface area contributed by atoms with E-state index in [9.17, 15) is 4.79 Å². The fourth-order valence-electron chi connectivity index (χ4n) is 4.45. The summed E-state index contributed by atoms with van der Waals surface area (Å²) >= 11 is 6.12. The van der Waals surface area contributed by atoms with Gasteiger partial charge in [0, 0.05) is 54.4 Å². The third kappa shape index (κ3) is 5.08. The molecule has 0 N–H and O–H groups in total. The number of aryl methyl sites for hydroxylation is 1. The fourth-order valence-corrected chi connectivity index (χ4v) is 4.58. The van der Waals surface area contributed by atoms with Crippen molar-refractivity contribution in [1.29, 1.82) is 0 Å². The first-order valence-electron chi connectivity index (χ1n) is 11.9. The van der Waals surface area contributed by atoms with Crippen molar-refractivity contribution in [1.82, 2.24) is 14.9 Å². The summed E-state index contributed by atoms with van der Waals surface area (Å²) in [6, 6.07) is 21.5. The third-order valence-corrected chi connectivity index (χ3v) is 6.58. The van der Waals surface area contributed by atoms with E-state index in [4.69, 9.17) is 26.0 Å². The Balaban J connectivity index is 1.48. The normalized spacial score (nSPS) is 13.8. The van der Waals surface area contributed by atoms with Crippen molar-refractivity contribution >= 4 is 23.3 Å². The van der Waals surface area contributed by atoms with Gasteiger partial charge in [0.15, 0.2) is 11.6 Å². The number of aromatic nitrogens is 2. The molecule has 0 atom stereocenters. The number of carbonyl (C=O) groups is 1. The molecule has 2 aromatic carbocycles. The van der Waals surface area contributed by atoms with E-state index in [2.05, 4.69) is 24.0 Å². The Morgan fingerprint density at radius 1 is 0.943 bits per heavy atom. The monoisotopic (exact) mass is 486 g/mol. The fraction of sp³-hybridized carbons (Fsp3) is 0.250. The second-order valence-corrected chi connectivity index (χ2v) is 9.01. The number of nitrogens with zero attached hydrogens (tertiary/aromatic N) is 4. The molecule has 2 aromatic heterocycles. The van der Waals surface area contributed by atoms with Gasteiger partial charge in [-0.3, -0.25) is 4.79 Å². The van der Waals surface area contributed by atoms with Crippen molar-refractivity contribution in [3.05, 3.63) is 101 Å². The van der Waals surface area contributed by atoms with Crippen LogP contribution in [0.1, 0.15) is 34.3 Å². The van der Waals surface area contributed by atoms with Crippen LogP contribution in [0, 0.1) is 0 Å². The highest BCUT2D eigenvalue weighted by Crippen LogP contribution is 2.29. The van der Waals surface area contributed by atoms with Gasteiger partial charge >= 0.3 is 0 Å². The zero-order chi connectivity index (χ0) is 24.2. The summed E-state index contributed by atoms with van der Waals surface area (Å²) in [5.41, 5.74) is 4.32. The van der Waals surface area contributed by atoms with E-state index in [1.165, 1.54) is 6.26 Å². The lowest BCUT2D eigenvalue weighted by atomic mass is 10.0. The molecule has 0 unspecified atom stereocenters. The van der Waals surface area contributed by atoms with Gasteiger partial charge in [0.25, 0.3) is 5.91 Å². The Morgan fingerprint density at radius 2 is 1.69 bits per heavy atom. The highest BCUT2D eigenvalue weighted by atomic mass is 35.5. The molecule has 0 spiro atoms. The molecule has 1 fully saturated rings. The highest BCUT2D eigenvalue weighted by Gasteiger charge is 2.27. The maximum absolute atomic E-state index is 12.8. The van der Waals surface area contributed by atoms with Crippen LogP contribution in [0.5, 0.6) is 0 Å². The first-order chi connectivity index (χ1) is 17.1. The van der Waals surface area contributed by atoms with Crippen LogP contribution in [0.2, 0.25) is 5.02 Å². The summed E-state index contributed by atoms with van der Waals surface area (Å²) in [5.74, 6) is 1.98. The van der Waals surface area contributed by atoms with Gasteiger partial charge in [0.1, 0.15) is 5.82 Å². The van der Waals surface area contributed by atoms with Crippen molar-refractivity contribution < 1.29 is 9.21 Å². The van der Waals surface area contributed by atoms with Gasteiger partial charge in [-0.15, -0.1) is 0 Å². The molecule has 4 aromatic rings. The van der Waals surface area contributed by atoms with Gasteiger partial charge in [-0.2, -0.15) is 0 Å². The summed E-state index contributed by atoms with van der Waals surface area (Å²) in [6.45, 7) is 4.72. The molecule has 1 amide bonds. The molecule has 178 valence electrons. The molecule has 35 heavy (non-hydrogen) atoms. The van der Waals surface area contributed by atoms with Crippen LogP contribution in [0.25, 0.3) is 11.4 Å². The average molecular weight is 487 g/mol. The van der Waals surface area contributed by atoms with Crippen LogP contribution in [0.3, 0.4) is 0 Å². The van der Waals surface area contributed by atoms with Crippen molar-refractivity contribution in [2.75, 3.05) is 31.1 Å². The van der Waals surface area contributed by atoms with E-state index >= 15 is 0 Å². The Morgan fingerprint density at radius 3 is 2.34 bits per heavy atom. The highest BCUT2D eigenvalue weighted by molar-refractivity contribution is 6.30. The quantitative estimate of drug-likeness (QED) is 0.360. The van der Waals surface area contributed by atoms with Gasteiger partial charge in [0.2, 0.25) is 0 Å².